The number of aromatic amines is 1. The Hall–Kier alpha value is -4.17. The number of unbranched alkanes of at least 4 members (excludes halogenated alkanes) is 1. The number of benzene rings is 1. The van der Waals surface area contributed by atoms with Gasteiger partial charge in [-0.3, -0.25) is 19.4 Å². The molecule has 1 saturated heterocycles. The molecule has 14 heteroatoms. The summed E-state index contributed by atoms with van der Waals surface area (Å²) in [6.07, 6.45) is 5.23. The molecule has 0 spiro atoms. The Morgan fingerprint density at radius 1 is 1.07 bits per heavy atom. The predicted molar refractivity (Wildman–Crippen MR) is 159 cm³/mol. The minimum absolute atomic E-state index is 0.0819. The Labute approximate surface area is 244 Å². The van der Waals surface area contributed by atoms with E-state index >= 15 is 0 Å². The number of carboxylic acid groups (broad SMARTS) is 1. The van der Waals surface area contributed by atoms with Gasteiger partial charge in [0.15, 0.2) is 5.96 Å². The molecule has 4 atom stereocenters. The molecule has 2 aromatic rings. The highest BCUT2D eigenvalue weighted by Crippen LogP contribution is 2.22. The van der Waals surface area contributed by atoms with Gasteiger partial charge in [-0.1, -0.05) is 24.6 Å². The number of carbonyl (C=O) groups is 4. The van der Waals surface area contributed by atoms with E-state index in [4.69, 9.17) is 22.9 Å². The number of aliphatic carboxylic acids is 1. The summed E-state index contributed by atoms with van der Waals surface area (Å²) in [6, 6.07) is 3.67. The largest absolute Gasteiger partial charge is 0.480 e. The topological polar surface area (TPSA) is 248 Å². The number of aromatic nitrogens is 1. The molecule has 0 aliphatic carbocycles. The molecule has 3 amide bonds. The number of nitrogens with one attached hydrogen (secondary N) is 3. The lowest BCUT2D eigenvalue weighted by Crippen LogP contribution is -2.57. The van der Waals surface area contributed by atoms with E-state index in [1.165, 1.54) is 4.90 Å². The number of amides is 3. The van der Waals surface area contributed by atoms with Gasteiger partial charge in [0.1, 0.15) is 18.1 Å². The fraction of sp³-hybridized carbons (Fsp3) is 0.536. The summed E-state index contributed by atoms with van der Waals surface area (Å²) in [4.78, 5) is 60.5. The maximum atomic E-state index is 13.5. The highest BCUT2D eigenvalue weighted by molar-refractivity contribution is 5.95. The van der Waals surface area contributed by atoms with Crippen LogP contribution >= 0.6 is 0 Å². The number of fused-ring (bicyclic) bond motifs is 1. The van der Waals surface area contributed by atoms with Crippen molar-refractivity contribution < 1.29 is 24.3 Å². The van der Waals surface area contributed by atoms with Gasteiger partial charge < -0.3 is 48.6 Å². The summed E-state index contributed by atoms with van der Waals surface area (Å²) in [5, 5.41) is 16.0. The van der Waals surface area contributed by atoms with E-state index < -0.39 is 42.0 Å². The first-order valence-electron chi connectivity index (χ1n) is 14.3. The molecule has 0 radical (unpaired) electrons. The fourth-order valence-electron chi connectivity index (χ4n) is 5.18. The van der Waals surface area contributed by atoms with Crippen LogP contribution in [0.3, 0.4) is 0 Å². The molecule has 1 aromatic heterocycles. The second-order valence-electron chi connectivity index (χ2n) is 10.6. The van der Waals surface area contributed by atoms with E-state index in [1.807, 2.05) is 24.3 Å². The van der Waals surface area contributed by atoms with Gasteiger partial charge >= 0.3 is 5.97 Å². The number of guanidine groups is 1. The Balaban J connectivity index is 1.77. The van der Waals surface area contributed by atoms with Crippen molar-refractivity contribution in [3.63, 3.8) is 0 Å². The van der Waals surface area contributed by atoms with Crippen molar-refractivity contribution in [3.05, 3.63) is 36.0 Å². The molecule has 12 N–H and O–H groups in total. The fourth-order valence-corrected chi connectivity index (χ4v) is 5.18. The van der Waals surface area contributed by atoms with Crippen LogP contribution in [0.15, 0.2) is 35.5 Å². The number of nitrogens with zero attached hydrogens (tertiary/aromatic N) is 2. The Morgan fingerprint density at radius 3 is 2.55 bits per heavy atom. The summed E-state index contributed by atoms with van der Waals surface area (Å²) < 4.78 is 0. The van der Waals surface area contributed by atoms with Crippen LogP contribution in [0.4, 0.5) is 0 Å². The number of aliphatic imine (C=N–C) groups is 1. The maximum Gasteiger partial charge on any atom is 0.326 e. The number of hydrogen-bond donors (Lipinski definition) is 8. The van der Waals surface area contributed by atoms with Crippen LogP contribution in [0, 0.1) is 0 Å². The average Bonchev–Trinajstić information content (AvgIpc) is 3.61. The van der Waals surface area contributed by atoms with Crippen molar-refractivity contribution in [1.82, 2.24) is 20.5 Å². The van der Waals surface area contributed by atoms with Gasteiger partial charge in [0.2, 0.25) is 17.7 Å². The molecule has 42 heavy (non-hydrogen) atoms. The van der Waals surface area contributed by atoms with Crippen LogP contribution in [-0.2, 0) is 25.6 Å². The van der Waals surface area contributed by atoms with E-state index in [0.29, 0.717) is 45.2 Å². The number of H-pyrrole nitrogens is 1. The van der Waals surface area contributed by atoms with E-state index in [0.717, 1.165) is 22.9 Å². The number of likely N-dealkylation sites (tertiary alicyclic amines) is 1. The molecule has 0 bridgehead atoms. The first kappa shape index (κ1) is 32.3. The van der Waals surface area contributed by atoms with Crippen molar-refractivity contribution in [2.75, 3.05) is 19.6 Å². The molecule has 4 unspecified atom stereocenters. The summed E-state index contributed by atoms with van der Waals surface area (Å²) in [5.41, 5.74) is 24.0. The van der Waals surface area contributed by atoms with E-state index in [1.54, 1.807) is 6.20 Å². The first-order chi connectivity index (χ1) is 20.1. The lowest BCUT2D eigenvalue weighted by Gasteiger charge is -2.28. The quantitative estimate of drug-likeness (QED) is 0.0701. The first-order valence-corrected chi connectivity index (χ1v) is 14.3. The molecule has 1 aromatic carbocycles. The van der Waals surface area contributed by atoms with E-state index in [-0.39, 0.29) is 31.3 Å². The zero-order valence-electron chi connectivity index (χ0n) is 23.8. The minimum atomic E-state index is -1.22. The number of hydrogen-bond acceptors (Lipinski definition) is 7. The molecule has 1 aliphatic heterocycles. The zero-order valence-corrected chi connectivity index (χ0v) is 23.8. The molecular weight excluding hydrogens is 542 g/mol. The third kappa shape index (κ3) is 8.91. The van der Waals surface area contributed by atoms with Crippen LogP contribution < -0.4 is 33.6 Å². The van der Waals surface area contributed by atoms with Crippen LogP contribution in [-0.4, -0.2) is 88.4 Å². The number of carbonyl (C=O) groups excluding carboxylic acids is 3. The highest BCUT2D eigenvalue weighted by atomic mass is 16.4. The highest BCUT2D eigenvalue weighted by Gasteiger charge is 2.38. The third-order valence-corrected chi connectivity index (χ3v) is 7.42. The Bertz CT molecular complexity index is 1260. The number of para-hydroxylation sites is 1. The van der Waals surface area contributed by atoms with Gasteiger partial charge in [-0.05, 0) is 56.7 Å². The van der Waals surface area contributed by atoms with Crippen molar-refractivity contribution in [3.8, 4) is 0 Å². The Kier molecular flexibility index (Phi) is 12.1. The second kappa shape index (κ2) is 15.7. The van der Waals surface area contributed by atoms with E-state index in [2.05, 4.69) is 20.6 Å². The van der Waals surface area contributed by atoms with E-state index in [9.17, 15) is 24.3 Å². The monoisotopic (exact) mass is 585 g/mol. The molecule has 14 nitrogen and oxygen atoms in total. The van der Waals surface area contributed by atoms with Crippen LogP contribution in [0.25, 0.3) is 10.9 Å². The molecule has 1 fully saturated rings. The lowest BCUT2D eigenvalue weighted by molar-refractivity contribution is -0.143. The normalized spacial score (nSPS) is 16.9. The third-order valence-electron chi connectivity index (χ3n) is 7.42. The van der Waals surface area contributed by atoms with Crippen LogP contribution in [0.1, 0.15) is 50.5 Å². The average molecular weight is 586 g/mol. The molecule has 0 saturated carbocycles. The summed E-state index contributed by atoms with van der Waals surface area (Å²) in [7, 11) is 0. The predicted octanol–water partition coefficient (Wildman–Crippen LogP) is -0.734. The van der Waals surface area contributed by atoms with Gasteiger partial charge in [-0.2, -0.15) is 0 Å². The molecular formula is C28H43N9O5. The van der Waals surface area contributed by atoms with Gasteiger partial charge in [0.25, 0.3) is 0 Å². The van der Waals surface area contributed by atoms with Crippen molar-refractivity contribution in [2.45, 2.75) is 75.5 Å². The van der Waals surface area contributed by atoms with Crippen LogP contribution in [0.5, 0.6) is 0 Å². The van der Waals surface area contributed by atoms with Gasteiger partial charge in [-0.25, -0.2) is 4.79 Å². The van der Waals surface area contributed by atoms with Crippen LogP contribution in [0.2, 0.25) is 0 Å². The number of carboxylic acids is 1. The van der Waals surface area contributed by atoms with Crippen molar-refractivity contribution >= 4 is 40.6 Å². The van der Waals surface area contributed by atoms with Gasteiger partial charge in [-0.15, -0.1) is 0 Å². The minimum Gasteiger partial charge on any atom is -0.480 e. The standard InChI is InChI=1S/C28H43N9O5/c29-12-4-3-8-19(30)26(40)37-14-6-11-23(37)25(39)36-22(15-17-16-34-20-9-2-1-7-18(17)20)24(38)35-21(27(41)42)10-5-13-33-28(31)32/h1-2,7,9,16,19,21-23,34H,3-6,8,10-15,29-30H2,(H,35,38)(H,36,39)(H,41,42)(H4,31,32,33). The summed E-state index contributed by atoms with van der Waals surface area (Å²) in [6.45, 7) is 1.10. The number of rotatable bonds is 16. The lowest BCUT2D eigenvalue weighted by atomic mass is 10.0. The van der Waals surface area contributed by atoms with Crippen molar-refractivity contribution in [2.24, 2.45) is 27.9 Å². The Morgan fingerprint density at radius 2 is 1.83 bits per heavy atom. The SMILES string of the molecule is NCCCCC(N)C(=O)N1CCCC1C(=O)NC(Cc1c[nH]c2ccccc12)C(=O)NC(CCCN=C(N)N)C(=O)O. The maximum absolute atomic E-state index is 13.5. The van der Waals surface area contributed by atoms with Gasteiger partial charge in [0, 0.05) is 36.6 Å². The smallest absolute Gasteiger partial charge is 0.326 e. The molecule has 3 rings (SSSR count). The number of nitrogens with two attached hydrogens (primary N) is 4. The second-order valence-corrected chi connectivity index (χ2v) is 10.6. The molecule has 1 aliphatic rings. The summed E-state index contributed by atoms with van der Waals surface area (Å²) >= 11 is 0. The molecule has 2 heterocycles. The molecule has 230 valence electrons. The summed E-state index contributed by atoms with van der Waals surface area (Å²) in [5.74, 6) is -2.79. The van der Waals surface area contributed by atoms with Crippen molar-refractivity contribution in [1.29, 1.82) is 0 Å². The van der Waals surface area contributed by atoms with Gasteiger partial charge in [0.05, 0.1) is 6.04 Å². The zero-order chi connectivity index (χ0) is 30.6.